The van der Waals surface area contributed by atoms with E-state index in [4.69, 9.17) is 0 Å². The molecule has 18 heavy (non-hydrogen) atoms. The second-order valence-corrected chi connectivity index (χ2v) is 5.07. The highest BCUT2D eigenvalue weighted by molar-refractivity contribution is 5.54. The van der Waals surface area contributed by atoms with E-state index in [-0.39, 0.29) is 18.5 Å². The van der Waals surface area contributed by atoms with Crippen molar-refractivity contribution in [3.63, 3.8) is 0 Å². The molecule has 1 aromatic carbocycles. The van der Waals surface area contributed by atoms with Gasteiger partial charge in [-0.15, -0.1) is 0 Å². The van der Waals surface area contributed by atoms with E-state index in [1.165, 1.54) is 18.9 Å². The number of nitrogens with zero attached hydrogens (tertiary/aromatic N) is 1. The number of rotatable bonds is 6. The van der Waals surface area contributed by atoms with Gasteiger partial charge in [-0.05, 0) is 43.5 Å². The quantitative estimate of drug-likeness (QED) is 0.811. The largest absolute Gasteiger partial charge is 0.394 e. The summed E-state index contributed by atoms with van der Waals surface area (Å²) < 4.78 is 13.3. The van der Waals surface area contributed by atoms with E-state index < -0.39 is 0 Å². The topological polar surface area (TPSA) is 35.5 Å². The molecule has 1 atom stereocenters. The lowest BCUT2D eigenvalue weighted by molar-refractivity contribution is 0.270. The summed E-state index contributed by atoms with van der Waals surface area (Å²) in [7, 11) is 1.93. The second-order valence-electron chi connectivity index (χ2n) is 5.07. The molecule has 100 valence electrons. The maximum Gasteiger partial charge on any atom is 0.123 e. The number of benzene rings is 1. The second kappa shape index (κ2) is 5.67. The average Bonchev–Trinajstić information content (AvgIpc) is 3.18. The Morgan fingerprint density at radius 1 is 1.50 bits per heavy atom. The van der Waals surface area contributed by atoms with E-state index in [0.29, 0.717) is 12.6 Å². The molecule has 1 aliphatic rings. The van der Waals surface area contributed by atoms with E-state index in [2.05, 4.69) is 5.32 Å². The van der Waals surface area contributed by atoms with Crippen molar-refractivity contribution in [1.29, 1.82) is 0 Å². The Bertz CT molecular complexity index is 407. The van der Waals surface area contributed by atoms with Crippen molar-refractivity contribution in [2.45, 2.75) is 38.4 Å². The van der Waals surface area contributed by atoms with E-state index in [1.54, 1.807) is 12.1 Å². The fourth-order valence-corrected chi connectivity index (χ4v) is 1.94. The zero-order valence-electron chi connectivity index (χ0n) is 11.0. The first-order chi connectivity index (χ1) is 8.61. The van der Waals surface area contributed by atoms with E-state index in [0.717, 1.165) is 11.3 Å². The minimum Gasteiger partial charge on any atom is -0.394 e. The van der Waals surface area contributed by atoms with Crippen molar-refractivity contribution >= 4 is 5.69 Å². The first-order valence-corrected chi connectivity index (χ1v) is 6.47. The van der Waals surface area contributed by atoms with Crippen LogP contribution < -0.4 is 10.2 Å². The van der Waals surface area contributed by atoms with Crippen molar-refractivity contribution in [2.24, 2.45) is 0 Å². The van der Waals surface area contributed by atoms with Gasteiger partial charge in [-0.2, -0.15) is 0 Å². The summed E-state index contributed by atoms with van der Waals surface area (Å²) in [4.78, 5) is 1.99. The molecule has 4 heteroatoms. The SMILES string of the molecule is CC(CO)N(C)c1ccc(F)cc1CNC1CC1. The summed E-state index contributed by atoms with van der Waals surface area (Å²) in [5, 5.41) is 12.6. The first kappa shape index (κ1) is 13.3. The lowest BCUT2D eigenvalue weighted by atomic mass is 10.1. The molecule has 0 aromatic heterocycles. The minimum absolute atomic E-state index is 0.0233. The number of aliphatic hydroxyl groups excluding tert-OH is 1. The molecule has 0 heterocycles. The summed E-state index contributed by atoms with van der Waals surface area (Å²) in [6, 6.07) is 5.45. The predicted molar refractivity (Wildman–Crippen MR) is 71.2 cm³/mol. The molecule has 0 spiro atoms. The van der Waals surface area contributed by atoms with Crippen molar-refractivity contribution in [2.75, 3.05) is 18.6 Å². The summed E-state index contributed by atoms with van der Waals surface area (Å²) in [6.45, 7) is 2.71. The van der Waals surface area contributed by atoms with Crippen LogP contribution in [0.4, 0.5) is 10.1 Å². The third-order valence-corrected chi connectivity index (χ3v) is 3.51. The van der Waals surface area contributed by atoms with Crippen LogP contribution in [0.1, 0.15) is 25.3 Å². The smallest absolute Gasteiger partial charge is 0.123 e. The molecule has 1 aromatic rings. The zero-order chi connectivity index (χ0) is 13.1. The van der Waals surface area contributed by atoms with Crippen molar-refractivity contribution in [3.8, 4) is 0 Å². The van der Waals surface area contributed by atoms with Gasteiger partial charge in [0.2, 0.25) is 0 Å². The minimum atomic E-state index is -0.212. The zero-order valence-corrected chi connectivity index (χ0v) is 11.0. The molecule has 0 aliphatic heterocycles. The van der Waals surface area contributed by atoms with Crippen LogP contribution in [0.25, 0.3) is 0 Å². The summed E-state index contributed by atoms with van der Waals surface area (Å²) in [5.74, 6) is -0.212. The Morgan fingerprint density at radius 3 is 2.83 bits per heavy atom. The van der Waals surface area contributed by atoms with Gasteiger partial charge in [0.25, 0.3) is 0 Å². The van der Waals surface area contributed by atoms with Crippen LogP contribution in [-0.4, -0.2) is 30.8 Å². The lowest BCUT2D eigenvalue weighted by Gasteiger charge is -2.28. The van der Waals surface area contributed by atoms with Crippen LogP contribution in [0.2, 0.25) is 0 Å². The number of hydrogen-bond donors (Lipinski definition) is 2. The van der Waals surface area contributed by atoms with Crippen LogP contribution >= 0.6 is 0 Å². The summed E-state index contributed by atoms with van der Waals surface area (Å²) in [6.07, 6.45) is 2.43. The monoisotopic (exact) mass is 252 g/mol. The number of aliphatic hydroxyl groups is 1. The number of halogens is 1. The third-order valence-electron chi connectivity index (χ3n) is 3.51. The third kappa shape index (κ3) is 3.21. The fourth-order valence-electron chi connectivity index (χ4n) is 1.94. The number of nitrogens with one attached hydrogen (secondary N) is 1. The van der Waals surface area contributed by atoms with Gasteiger partial charge in [-0.3, -0.25) is 0 Å². The standard InChI is InChI=1S/C14H21FN2O/c1-10(9-18)17(2)14-6-3-12(15)7-11(14)8-16-13-4-5-13/h3,6-7,10,13,16,18H,4-5,8-9H2,1-2H3. The molecular formula is C14H21FN2O. The molecule has 0 saturated heterocycles. The van der Waals surface area contributed by atoms with Crippen molar-refractivity contribution < 1.29 is 9.50 Å². The Hall–Kier alpha value is -1.13. The van der Waals surface area contributed by atoms with E-state index >= 15 is 0 Å². The Kier molecular flexibility index (Phi) is 4.19. The van der Waals surface area contributed by atoms with Gasteiger partial charge in [-0.1, -0.05) is 0 Å². The van der Waals surface area contributed by atoms with Gasteiger partial charge in [0.1, 0.15) is 5.82 Å². The fraction of sp³-hybridized carbons (Fsp3) is 0.571. The van der Waals surface area contributed by atoms with Crippen LogP contribution in [0.15, 0.2) is 18.2 Å². The average molecular weight is 252 g/mol. The van der Waals surface area contributed by atoms with Crippen molar-refractivity contribution in [3.05, 3.63) is 29.6 Å². The first-order valence-electron chi connectivity index (χ1n) is 6.47. The van der Waals surface area contributed by atoms with Gasteiger partial charge in [0, 0.05) is 31.4 Å². The molecule has 0 bridgehead atoms. The normalized spacial score (nSPS) is 16.7. The Morgan fingerprint density at radius 2 is 2.22 bits per heavy atom. The number of anilines is 1. The maximum atomic E-state index is 13.3. The van der Waals surface area contributed by atoms with Crippen LogP contribution in [0, 0.1) is 5.82 Å². The highest BCUT2D eigenvalue weighted by Gasteiger charge is 2.21. The highest BCUT2D eigenvalue weighted by atomic mass is 19.1. The number of hydrogen-bond acceptors (Lipinski definition) is 3. The molecule has 2 rings (SSSR count). The van der Waals surface area contributed by atoms with Gasteiger partial charge in [-0.25, -0.2) is 4.39 Å². The van der Waals surface area contributed by atoms with Gasteiger partial charge >= 0.3 is 0 Å². The van der Waals surface area contributed by atoms with Crippen molar-refractivity contribution in [1.82, 2.24) is 5.32 Å². The van der Waals surface area contributed by atoms with Gasteiger partial charge < -0.3 is 15.3 Å². The van der Waals surface area contributed by atoms with Crippen LogP contribution in [0.5, 0.6) is 0 Å². The number of likely N-dealkylation sites (N-methyl/N-ethyl adjacent to an activating group) is 1. The summed E-state index contributed by atoms with van der Waals surface area (Å²) >= 11 is 0. The molecule has 1 unspecified atom stereocenters. The molecule has 2 N–H and O–H groups in total. The van der Waals surface area contributed by atoms with Crippen LogP contribution in [0.3, 0.4) is 0 Å². The van der Waals surface area contributed by atoms with Crippen LogP contribution in [-0.2, 0) is 6.54 Å². The van der Waals surface area contributed by atoms with Gasteiger partial charge in [0.15, 0.2) is 0 Å². The summed E-state index contributed by atoms with van der Waals surface area (Å²) in [5.41, 5.74) is 1.93. The lowest BCUT2D eigenvalue weighted by Crippen LogP contribution is -2.33. The molecule has 1 aliphatic carbocycles. The van der Waals surface area contributed by atoms with E-state index in [1.807, 2.05) is 18.9 Å². The van der Waals surface area contributed by atoms with Gasteiger partial charge in [0.05, 0.1) is 6.61 Å². The Balaban J connectivity index is 2.15. The molecule has 1 fully saturated rings. The molecule has 0 amide bonds. The Labute approximate surface area is 108 Å². The van der Waals surface area contributed by atoms with E-state index in [9.17, 15) is 9.50 Å². The molecular weight excluding hydrogens is 231 g/mol. The molecule has 3 nitrogen and oxygen atoms in total. The highest BCUT2D eigenvalue weighted by Crippen LogP contribution is 2.25. The molecule has 0 radical (unpaired) electrons. The maximum absolute atomic E-state index is 13.3. The molecule has 1 saturated carbocycles. The predicted octanol–water partition coefficient (Wildman–Crippen LogP) is 1.89.